The van der Waals surface area contributed by atoms with Crippen molar-refractivity contribution >= 4 is 29.7 Å². The lowest BCUT2D eigenvalue weighted by atomic mass is 10.2. The molecule has 0 saturated heterocycles. The third kappa shape index (κ3) is 17.8. The summed E-state index contributed by atoms with van der Waals surface area (Å²) in [5, 5.41) is 9.71. The van der Waals surface area contributed by atoms with Gasteiger partial charge < -0.3 is 51.5 Å². The van der Waals surface area contributed by atoms with E-state index in [2.05, 4.69) is 4.99 Å². The fourth-order valence-electron chi connectivity index (χ4n) is 3.82. The van der Waals surface area contributed by atoms with E-state index in [1.54, 1.807) is 59.4 Å². The second-order valence-corrected chi connectivity index (χ2v) is 9.62. The number of nitriles is 1. The third-order valence-corrected chi connectivity index (χ3v) is 6.28. The number of ether oxygens (including phenoxy) is 7. The van der Waals surface area contributed by atoms with Gasteiger partial charge in [-0.1, -0.05) is 24.4 Å². The SMILES string of the molecule is COCCOCCOCCOCCOC(OC=O)[n+]1ccc(N(CCCCCCOc2ccc(Cl)cc2)C(N)=NC#N)cc1.[Cl-]. The predicted octanol–water partition coefficient (Wildman–Crippen LogP) is 0.215. The molecule has 0 radical (unpaired) electrons. The van der Waals surface area contributed by atoms with Gasteiger partial charge in [-0.25, -0.2) is 0 Å². The number of unbranched alkanes of at least 4 members (excludes halogenated alkanes) is 3. The molecule has 0 saturated carbocycles. The highest BCUT2D eigenvalue weighted by molar-refractivity contribution is 6.30. The second-order valence-electron chi connectivity index (χ2n) is 9.18. The van der Waals surface area contributed by atoms with Gasteiger partial charge in [0.15, 0.2) is 12.4 Å². The first-order valence-electron chi connectivity index (χ1n) is 14.4. The number of carbonyl (C=O) groups is 1. The Bertz CT molecular complexity index is 1110. The number of halogens is 2. The zero-order chi connectivity index (χ0) is 31.7. The Balaban J connectivity index is 0.0000101. The molecular formula is C30H43Cl2N5O8. The Kier molecular flexibility index (Phi) is 23.0. The van der Waals surface area contributed by atoms with Crippen LogP contribution < -0.4 is 32.3 Å². The van der Waals surface area contributed by atoms with Gasteiger partial charge in [0, 0.05) is 30.8 Å². The fraction of sp³-hybridized carbons (Fsp3) is 0.533. The van der Waals surface area contributed by atoms with Crippen molar-refractivity contribution in [3.8, 4) is 11.9 Å². The molecule has 250 valence electrons. The average Bonchev–Trinajstić information content (AvgIpc) is 3.03. The first-order valence-corrected chi connectivity index (χ1v) is 14.8. The topological polar surface area (TPSA) is 151 Å². The maximum absolute atomic E-state index is 11.1. The van der Waals surface area contributed by atoms with Crippen molar-refractivity contribution in [2.75, 3.05) is 78.0 Å². The summed E-state index contributed by atoms with van der Waals surface area (Å²) in [6.45, 7) is 4.82. The molecule has 0 bridgehead atoms. The van der Waals surface area contributed by atoms with E-state index in [1.165, 1.54) is 0 Å². The normalized spacial score (nSPS) is 11.7. The van der Waals surface area contributed by atoms with Crippen molar-refractivity contribution in [3.05, 3.63) is 53.8 Å². The molecule has 2 aromatic rings. The molecule has 0 aliphatic rings. The number of aliphatic imine (C=N–C) groups is 1. The summed E-state index contributed by atoms with van der Waals surface area (Å²) in [5.41, 5.74) is 6.81. The molecule has 2 N–H and O–H groups in total. The molecule has 0 spiro atoms. The molecule has 1 atom stereocenters. The van der Waals surface area contributed by atoms with Crippen LogP contribution in [0.25, 0.3) is 0 Å². The van der Waals surface area contributed by atoms with Crippen molar-refractivity contribution < 1.29 is 54.9 Å². The molecular weight excluding hydrogens is 629 g/mol. The average molecular weight is 673 g/mol. The van der Waals surface area contributed by atoms with E-state index < -0.39 is 6.41 Å². The van der Waals surface area contributed by atoms with Crippen molar-refractivity contribution in [1.29, 1.82) is 5.26 Å². The van der Waals surface area contributed by atoms with Crippen LogP contribution in [0.1, 0.15) is 32.1 Å². The lowest BCUT2D eigenvalue weighted by Crippen LogP contribution is -3.00. The minimum Gasteiger partial charge on any atom is -1.00 e. The summed E-state index contributed by atoms with van der Waals surface area (Å²) in [6.07, 6.45) is 7.76. The van der Waals surface area contributed by atoms with E-state index in [4.69, 9.17) is 55.8 Å². The van der Waals surface area contributed by atoms with Crippen LogP contribution in [-0.4, -0.2) is 85.5 Å². The number of methoxy groups -OCH3 is 1. The highest BCUT2D eigenvalue weighted by Gasteiger charge is 2.21. The fourth-order valence-corrected chi connectivity index (χ4v) is 3.95. The van der Waals surface area contributed by atoms with Gasteiger partial charge in [-0.3, -0.25) is 9.53 Å². The Morgan fingerprint density at radius 1 is 0.933 bits per heavy atom. The molecule has 1 heterocycles. The molecule has 13 nitrogen and oxygen atoms in total. The van der Waals surface area contributed by atoms with Crippen molar-refractivity contribution in [2.24, 2.45) is 10.7 Å². The first-order chi connectivity index (χ1) is 21.6. The Labute approximate surface area is 276 Å². The summed E-state index contributed by atoms with van der Waals surface area (Å²) in [5.74, 6) is 0.882. The molecule has 0 aliphatic carbocycles. The van der Waals surface area contributed by atoms with E-state index in [9.17, 15) is 4.79 Å². The van der Waals surface area contributed by atoms with Crippen LogP contribution in [0.5, 0.6) is 5.75 Å². The minimum atomic E-state index is -0.987. The standard InChI is InChI=1S/C30H43ClN5O8.ClH/c1-38-16-17-39-18-19-40-20-21-41-22-23-43-30(44-25-37)35-13-10-27(11-14-35)36(29(33)34-24-32)12-4-2-3-5-15-42-28-8-6-26(31)7-9-28;/h6-11,13-14,25,30H,2-5,12,15-23H2,1H3,(H2,33,34);1H/q+1;/p-1. The molecule has 1 aromatic heterocycles. The van der Waals surface area contributed by atoms with Crippen LogP contribution in [-0.2, 0) is 33.2 Å². The van der Waals surface area contributed by atoms with E-state index in [1.807, 2.05) is 12.1 Å². The number of nitrogens with two attached hydrogens (primary N) is 1. The monoisotopic (exact) mass is 671 g/mol. The number of rotatable bonds is 25. The summed E-state index contributed by atoms with van der Waals surface area (Å²) in [4.78, 5) is 16.5. The summed E-state index contributed by atoms with van der Waals surface area (Å²) < 4.78 is 39.2. The van der Waals surface area contributed by atoms with Gasteiger partial charge in [0.05, 0.1) is 65.1 Å². The van der Waals surface area contributed by atoms with Crippen LogP contribution in [0, 0.1) is 11.5 Å². The molecule has 2 rings (SSSR count). The van der Waals surface area contributed by atoms with Crippen LogP contribution in [0.4, 0.5) is 5.69 Å². The van der Waals surface area contributed by atoms with Gasteiger partial charge in [-0.2, -0.15) is 5.26 Å². The number of aromatic nitrogens is 1. The minimum absolute atomic E-state index is 0. The zero-order valence-electron chi connectivity index (χ0n) is 25.6. The Morgan fingerprint density at radius 2 is 1.53 bits per heavy atom. The second kappa shape index (κ2) is 26.0. The van der Waals surface area contributed by atoms with Crippen molar-refractivity contribution in [3.63, 3.8) is 0 Å². The highest BCUT2D eigenvalue weighted by Crippen LogP contribution is 2.17. The Hall–Kier alpha value is -3.22. The largest absolute Gasteiger partial charge is 1.00 e. The van der Waals surface area contributed by atoms with Crippen LogP contribution in [0.3, 0.4) is 0 Å². The van der Waals surface area contributed by atoms with E-state index >= 15 is 0 Å². The lowest BCUT2D eigenvalue weighted by molar-refractivity contribution is -0.799. The number of guanidine groups is 1. The quantitative estimate of drug-likeness (QED) is 0.0294. The molecule has 0 aliphatic heterocycles. The van der Waals surface area contributed by atoms with Gasteiger partial charge in [-0.15, -0.1) is 9.56 Å². The number of nitrogens with zero attached hydrogens (tertiary/aromatic N) is 4. The zero-order valence-corrected chi connectivity index (χ0v) is 27.1. The van der Waals surface area contributed by atoms with Crippen molar-refractivity contribution in [1.82, 2.24) is 0 Å². The van der Waals surface area contributed by atoms with Gasteiger partial charge >= 0.3 is 6.41 Å². The number of carbonyl (C=O) groups excluding carboxylic acids is 1. The highest BCUT2D eigenvalue weighted by atomic mass is 35.5. The lowest BCUT2D eigenvalue weighted by Gasteiger charge is -2.22. The Morgan fingerprint density at radius 3 is 2.13 bits per heavy atom. The summed E-state index contributed by atoms with van der Waals surface area (Å²) in [7, 11) is 1.62. The number of pyridine rings is 1. The molecule has 15 heteroatoms. The number of benzene rings is 1. The van der Waals surface area contributed by atoms with E-state index in [0.717, 1.165) is 37.1 Å². The number of hydrogen-bond acceptors (Lipinski definition) is 10. The summed E-state index contributed by atoms with van der Waals surface area (Å²) >= 11 is 5.90. The summed E-state index contributed by atoms with van der Waals surface area (Å²) in [6, 6.07) is 10.8. The van der Waals surface area contributed by atoms with Gasteiger partial charge in [0.2, 0.25) is 12.2 Å². The van der Waals surface area contributed by atoms with Gasteiger partial charge in [0.25, 0.3) is 6.47 Å². The van der Waals surface area contributed by atoms with Gasteiger partial charge in [0.1, 0.15) is 5.75 Å². The van der Waals surface area contributed by atoms with Crippen LogP contribution in [0.2, 0.25) is 5.02 Å². The maximum atomic E-state index is 11.1. The van der Waals surface area contributed by atoms with Crippen molar-refractivity contribution in [2.45, 2.75) is 32.1 Å². The third-order valence-electron chi connectivity index (χ3n) is 6.03. The molecule has 45 heavy (non-hydrogen) atoms. The van der Waals surface area contributed by atoms with E-state index in [0.29, 0.717) is 64.3 Å². The number of hydrogen-bond donors (Lipinski definition) is 1. The van der Waals surface area contributed by atoms with Crippen LogP contribution >= 0.6 is 11.6 Å². The first kappa shape index (κ1) is 39.8. The van der Waals surface area contributed by atoms with Gasteiger partial charge in [-0.05, 0) is 37.1 Å². The smallest absolute Gasteiger partial charge is 0.426 e. The number of anilines is 1. The maximum Gasteiger partial charge on any atom is 0.426 e. The molecule has 1 unspecified atom stereocenters. The molecule has 0 fully saturated rings. The molecule has 0 amide bonds. The predicted molar refractivity (Wildman–Crippen MR) is 163 cm³/mol. The van der Waals surface area contributed by atoms with E-state index in [-0.39, 0.29) is 31.6 Å². The van der Waals surface area contributed by atoms with Crippen LogP contribution in [0.15, 0.2) is 53.8 Å². The molecule has 1 aromatic carbocycles.